The molecule has 2 nitrogen and oxygen atoms in total. The molecule has 1 heterocycles. The van der Waals surface area contributed by atoms with Gasteiger partial charge in [-0.15, -0.1) is 0 Å². The molecule has 0 aromatic heterocycles. The highest BCUT2D eigenvalue weighted by Gasteiger charge is 2.37. The second kappa shape index (κ2) is 6.91. The Morgan fingerprint density at radius 1 is 1.17 bits per heavy atom. The van der Waals surface area contributed by atoms with Gasteiger partial charge < -0.3 is 5.32 Å². The largest absolute Gasteiger partial charge is 0.313 e. The van der Waals surface area contributed by atoms with Gasteiger partial charge in [0.25, 0.3) is 0 Å². The van der Waals surface area contributed by atoms with E-state index in [1.54, 1.807) is 0 Å². The summed E-state index contributed by atoms with van der Waals surface area (Å²) in [7, 11) is 0. The molecule has 18 heavy (non-hydrogen) atoms. The van der Waals surface area contributed by atoms with Gasteiger partial charge in [-0.2, -0.15) is 0 Å². The van der Waals surface area contributed by atoms with Gasteiger partial charge in [0.05, 0.1) is 0 Å². The molecule has 106 valence electrons. The Morgan fingerprint density at radius 3 is 2.61 bits per heavy atom. The van der Waals surface area contributed by atoms with E-state index in [1.807, 2.05) is 0 Å². The number of hydrogen-bond donors (Lipinski definition) is 1. The van der Waals surface area contributed by atoms with E-state index in [2.05, 4.69) is 31.0 Å². The number of likely N-dealkylation sites (N-methyl/N-ethyl adjacent to an activating group) is 1. The first-order chi connectivity index (χ1) is 8.76. The molecule has 2 fully saturated rings. The maximum Gasteiger partial charge on any atom is 0.0254 e. The van der Waals surface area contributed by atoms with Gasteiger partial charge in [0.1, 0.15) is 0 Å². The van der Waals surface area contributed by atoms with E-state index in [4.69, 9.17) is 0 Å². The molecule has 1 aliphatic heterocycles. The van der Waals surface area contributed by atoms with Crippen molar-refractivity contribution in [1.29, 1.82) is 0 Å². The quantitative estimate of drug-likeness (QED) is 0.806. The minimum atomic E-state index is 0.753. The van der Waals surface area contributed by atoms with Gasteiger partial charge in [0.15, 0.2) is 0 Å². The molecular weight excluding hydrogens is 220 g/mol. The fourth-order valence-electron chi connectivity index (χ4n) is 4.22. The first-order valence-electron chi connectivity index (χ1n) is 8.25. The molecule has 2 aliphatic rings. The molecule has 0 spiro atoms. The van der Waals surface area contributed by atoms with Crippen molar-refractivity contribution >= 4 is 0 Å². The van der Waals surface area contributed by atoms with Crippen LogP contribution in [0.25, 0.3) is 0 Å². The standard InChI is InChI=1S/C16H32N2/c1-4-7-14-9-10-15(17-5-2)16(12-14)18-11-6-8-13(18)3/h13-17H,4-12H2,1-3H3. The Bertz CT molecular complexity index is 241. The van der Waals surface area contributed by atoms with Gasteiger partial charge >= 0.3 is 0 Å². The summed E-state index contributed by atoms with van der Waals surface area (Å²) < 4.78 is 0. The van der Waals surface area contributed by atoms with Crippen molar-refractivity contribution in [2.75, 3.05) is 13.1 Å². The Hall–Kier alpha value is -0.0800. The molecule has 1 aliphatic carbocycles. The minimum absolute atomic E-state index is 0.753. The van der Waals surface area contributed by atoms with Crippen LogP contribution in [-0.2, 0) is 0 Å². The van der Waals surface area contributed by atoms with Crippen LogP contribution in [0.1, 0.15) is 65.7 Å². The molecule has 2 heteroatoms. The second-order valence-electron chi connectivity index (χ2n) is 6.43. The zero-order chi connectivity index (χ0) is 13.0. The highest BCUT2D eigenvalue weighted by Crippen LogP contribution is 2.34. The maximum atomic E-state index is 3.75. The van der Waals surface area contributed by atoms with Crippen molar-refractivity contribution in [3.8, 4) is 0 Å². The number of likely N-dealkylation sites (tertiary alicyclic amines) is 1. The van der Waals surface area contributed by atoms with Crippen LogP contribution in [-0.4, -0.2) is 36.1 Å². The van der Waals surface area contributed by atoms with Crippen LogP contribution >= 0.6 is 0 Å². The Balaban J connectivity index is 1.99. The normalized spacial score (nSPS) is 38.2. The van der Waals surface area contributed by atoms with Gasteiger partial charge in [0.2, 0.25) is 0 Å². The molecule has 0 aromatic carbocycles. The van der Waals surface area contributed by atoms with Crippen LogP contribution in [0.3, 0.4) is 0 Å². The minimum Gasteiger partial charge on any atom is -0.313 e. The third-order valence-corrected chi connectivity index (χ3v) is 5.12. The summed E-state index contributed by atoms with van der Waals surface area (Å²) in [6.45, 7) is 9.49. The average molecular weight is 252 g/mol. The lowest BCUT2D eigenvalue weighted by atomic mass is 9.79. The smallest absolute Gasteiger partial charge is 0.0254 e. The average Bonchev–Trinajstić information content (AvgIpc) is 2.78. The predicted molar refractivity (Wildman–Crippen MR) is 78.9 cm³/mol. The van der Waals surface area contributed by atoms with Crippen molar-refractivity contribution in [3.05, 3.63) is 0 Å². The molecule has 1 N–H and O–H groups in total. The third kappa shape index (κ3) is 3.27. The van der Waals surface area contributed by atoms with Crippen LogP contribution in [0.5, 0.6) is 0 Å². The lowest BCUT2D eigenvalue weighted by Gasteiger charge is -2.43. The Morgan fingerprint density at radius 2 is 2.00 bits per heavy atom. The fourth-order valence-corrected chi connectivity index (χ4v) is 4.22. The van der Waals surface area contributed by atoms with Crippen LogP contribution in [0, 0.1) is 5.92 Å². The molecule has 0 aromatic rings. The zero-order valence-corrected chi connectivity index (χ0v) is 12.6. The molecule has 2 rings (SSSR count). The molecule has 4 unspecified atom stereocenters. The van der Waals surface area contributed by atoms with Gasteiger partial charge in [-0.1, -0.05) is 26.7 Å². The van der Waals surface area contributed by atoms with Crippen LogP contribution in [0.4, 0.5) is 0 Å². The van der Waals surface area contributed by atoms with Crippen molar-refractivity contribution in [3.63, 3.8) is 0 Å². The topological polar surface area (TPSA) is 15.3 Å². The SMILES string of the molecule is CCCC1CCC(NCC)C(N2CCCC2C)C1. The summed E-state index contributed by atoms with van der Waals surface area (Å²) >= 11 is 0. The monoisotopic (exact) mass is 252 g/mol. The van der Waals surface area contributed by atoms with Crippen molar-refractivity contribution in [2.45, 2.75) is 83.8 Å². The van der Waals surface area contributed by atoms with E-state index in [1.165, 1.54) is 51.5 Å². The number of nitrogens with zero attached hydrogens (tertiary/aromatic N) is 1. The first-order valence-corrected chi connectivity index (χ1v) is 8.25. The van der Waals surface area contributed by atoms with Crippen LogP contribution in [0.15, 0.2) is 0 Å². The summed E-state index contributed by atoms with van der Waals surface area (Å²) in [6, 6.07) is 2.38. The molecule has 1 saturated carbocycles. The summed E-state index contributed by atoms with van der Waals surface area (Å²) in [5.74, 6) is 0.989. The predicted octanol–water partition coefficient (Wildman–Crippen LogP) is 3.42. The van der Waals surface area contributed by atoms with E-state index < -0.39 is 0 Å². The number of hydrogen-bond acceptors (Lipinski definition) is 2. The highest BCUT2D eigenvalue weighted by molar-refractivity contribution is 4.94. The number of rotatable bonds is 5. The Kier molecular flexibility index (Phi) is 5.50. The van der Waals surface area contributed by atoms with Gasteiger partial charge in [-0.3, -0.25) is 4.90 Å². The fraction of sp³-hybridized carbons (Fsp3) is 1.00. The summed E-state index contributed by atoms with van der Waals surface area (Å²) in [5.41, 5.74) is 0. The lowest BCUT2D eigenvalue weighted by Crippen LogP contribution is -2.54. The van der Waals surface area contributed by atoms with Crippen molar-refractivity contribution in [1.82, 2.24) is 10.2 Å². The van der Waals surface area contributed by atoms with Gasteiger partial charge in [-0.05, 0) is 58.0 Å². The molecule has 1 saturated heterocycles. The zero-order valence-electron chi connectivity index (χ0n) is 12.6. The van der Waals surface area contributed by atoms with E-state index in [9.17, 15) is 0 Å². The second-order valence-corrected chi connectivity index (χ2v) is 6.43. The Labute approximate surface area is 114 Å². The maximum absolute atomic E-state index is 3.75. The molecule has 4 atom stereocenters. The van der Waals surface area contributed by atoms with Gasteiger partial charge in [-0.25, -0.2) is 0 Å². The van der Waals surface area contributed by atoms with Crippen molar-refractivity contribution < 1.29 is 0 Å². The molecule has 0 radical (unpaired) electrons. The highest BCUT2D eigenvalue weighted by atomic mass is 15.2. The lowest BCUT2D eigenvalue weighted by molar-refractivity contribution is 0.0896. The number of nitrogens with one attached hydrogen (secondary N) is 1. The summed E-state index contributed by atoms with van der Waals surface area (Å²) in [6.07, 6.45) is 9.91. The third-order valence-electron chi connectivity index (χ3n) is 5.12. The van der Waals surface area contributed by atoms with E-state index in [0.717, 1.165) is 30.6 Å². The van der Waals surface area contributed by atoms with E-state index >= 15 is 0 Å². The van der Waals surface area contributed by atoms with Crippen LogP contribution in [0.2, 0.25) is 0 Å². The van der Waals surface area contributed by atoms with E-state index in [-0.39, 0.29) is 0 Å². The summed E-state index contributed by atoms with van der Waals surface area (Å²) in [4.78, 5) is 2.81. The van der Waals surface area contributed by atoms with Gasteiger partial charge in [0, 0.05) is 18.1 Å². The first kappa shape index (κ1) is 14.3. The molecule has 0 amide bonds. The molecular formula is C16H32N2. The molecule has 0 bridgehead atoms. The summed E-state index contributed by atoms with van der Waals surface area (Å²) in [5, 5.41) is 3.75. The van der Waals surface area contributed by atoms with Crippen LogP contribution < -0.4 is 5.32 Å². The van der Waals surface area contributed by atoms with Crippen molar-refractivity contribution in [2.24, 2.45) is 5.92 Å². The van der Waals surface area contributed by atoms with E-state index in [0.29, 0.717) is 0 Å².